The van der Waals surface area contributed by atoms with Crippen molar-refractivity contribution in [3.05, 3.63) is 68.1 Å². The van der Waals surface area contributed by atoms with E-state index in [4.69, 9.17) is 11.6 Å². The maximum absolute atomic E-state index is 12.6. The Kier molecular flexibility index (Phi) is 5.33. The Labute approximate surface area is 163 Å². The molecule has 0 bridgehead atoms. The molecule has 3 aromatic rings. The van der Waals surface area contributed by atoms with E-state index in [0.717, 1.165) is 27.7 Å². The summed E-state index contributed by atoms with van der Waals surface area (Å²) in [5, 5.41) is 3.31. The Morgan fingerprint density at radius 2 is 1.81 bits per heavy atom. The van der Waals surface area contributed by atoms with Gasteiger partial charge in [0.15, 0.2) is 0 Å². The molecule has 0 fully saturated rings. The number of anilines is 1. The van der Waals surface area contributed by atoms with Gasteiger partial charge in [-0.15, -0.1) is 0 Å². The summed E-state index contributed by atoms with van der Waals surface area (Å²) in [4.78, 5) is 29.4. The highest BCUT2D eigenvalue weighted by molar-refractivity contribution is 6.33. The molecule has 0 unspecified atom stereocenters. The second kappa shape index (κ2) is 7.53. The van der Waals surface area contributed by atoms with Crippen molar-refractivity contribution >= 4 is 34.2 Å². The lowest BCUT2D eigenvalue weighted by Crippen LogP contribution is -2.26. The van der Waals surface area contributed by atoms with Crippen LogP contribution < -0.4 is 10.9 Å². The minimum Gasteiger partial charge on any atom is -0.325 e. The van der Waals surface area contributed by atoms with Crippen LogP contribution in [0.15, 0.2) is 35.1 Å². The van der Waals surface area contributed by atoms with Crippen molar-refractivity contribution in [3.63, 3.8) is 0 Å². The minimum absolute atomic E-state index is 0.162. The number of carbonyl (C=O) groups excluding carboxylic acids is 1. The first kappa shape index (κ1) is 19.1. The molecule has 0 aliphatic rings. The lowest BCUT2D eigenvalue weighted by molar-refractivity contribution is -0.116. The van der Waals surface area contributed by atoms with Crippen LogP contribution in [0.3, 0.4) is 0 Å². The van der Waals surface area contributed by atoms with Crippen molar-refractivity contribution in [2.75, 3.05) is 5.32 Å². The zero-order valence-electron chi connectivity index (χ0n) is 15.9. The van der Waals surface area contributed by atoms with Gasteiger partial charge in [-0.25, -0.2) is 4.98 Å². The van der Waals surface area contributed by atoms with E-state index < -0.39 is 0 Å². The first-order valence-corrected chi connectivity index (χ1v) is 9.18. The number of nitrogens with zero attached hydrogens (tertiary/aromatic N) is 2. The minimum atomic E-state index is -0.195. The molecule has 1 amide bonds. The average molecular weight is 384 g/mol. The first-order chi connectivity index (χ1) is 12.8. The molecule has 0 atom stereocenters. The number of aromatic nitrogens is 2. The Morgan fingerprint density at radius 3 is 2.52 bits per heavy atom. The number of benzene rings is 2. The van der Waals surface area contributed by atoms with Gasteiger partial charge >= 0.3 is 0 Å². The van der Waals surface area contributed by atoms with E-state index in [0.29, 0.717) is 16.4 Å². The van der Waals surface area contributed by atoms with Gasteiger partial charge in [-0.2, -0.15) is 0 Å². The smallest absolute Gasteiger partial charge is 0.272 e. The predicted octanol–water partition coefficient (Wildman–Crippen LogP) is 4.31. The maximum Gasteiger partial charge on any atom is 0.272 e. The van der Waals surface area contributed by atoms with Crippen molar-refractivity contribution in [1.29, 1.82) is 0 Å². The summed E-state index contributed by atoms with van der Waals surface area (Å²) >= 11 is 6.17. The molecule has 0 spiro atoms. The number of aryl methyl sites for hydroxylation is 5. The van der Waals surface area contributed by atoms with Gasteiger partial charge in [0.1, 0.15) is 5.69 Å². The topological polar surface area (TPSA) is 64.0 Å². The van der Waals surface area contributed by atoms with Gasteiger partial charge in [-0.05, 0) is 68.7 Å². The number of hydrogen-bond donors (Lipinski definition) is 1. The number of rotatable bonds is 4. The van der Waals surface area contributed by atoms with Crippen molar-refractivity contribution in [3.8, 4) is 0 Å². The summed E-state index contributed by atoms with van der Waals surface area (Å²) < 4.78 is 1.63. The summed E-state index contributed by atoms with van der Waals surface area (Å²) in [6.07, 6.45) is 0.162. The molecule has 1 N–H and O–H groups in total. The molecule has 2 aromatic carbocycles. The Balaban J connectivity index is 1.86. The Hall–Kier alpha value is -2.66. The van der Waals surface area contributed by atoms with Crippen LogP contribution in [0, 0.1) is 27.7 Å². The van der Waals surface area contributed by atoms with E-state index in [9.17, 15) is 9.59 Å². The van der Waals surface area contributed by atoms with Gasteiger partial charge in [-0.3, -0.25) is 9.59 Å². The van der Waals surface area contributed by atoms with Crippen molar-refractivity contribution in [2.24, 2.45) is 0 Å². The van der Waals surface area contributed by atoms with Crippen LogP contribution in [0.4, 0.5) is 5.69 Å². The van der Waals surface area contributed by atoms with Gasteiger partial charge in [0.05, 0.1) is 21.7 Å². The van der Waals surface area contributed by atoms with Gasteiger partial charge < -0.3 is 9.88 Å². The molecule has 5 nitrogen and oxygen atoms in total. The summed E-state index contributed by atoms with van der Waals surface area (Å²) in [5.74, 6) is -0.195. The molecule has 1 aromatic heterocycles. The number of carbonyl (C=O) groups is 1. The first-order valence-electron chi connectivity index (χ1n) is 8.80. The van der Waals surface area contributed by atoms with E-state index in [-0.39, 0.29) is 24.4 Å². The van der Waals surface area contributed by atoms with Crippen LogP contribution in [-0.2, 0) is 11.3 Å². The van der Waals surface area contributed by atoms with Crippen LogP contribution in [0.5, 0.6) is 0 Å². The molecular formula is C21H22ClN3O2. The molecule has 0 saturated carbocycles. The fourth-order valence-corrected chi connectivity index (χ4v) is 3.28. The summed E-state index contributed by atoms with van der Waals surface area (Å²) in [6.45, 7) is 7.91. The molecule has 27 heavy (non-hydrogen) atoms. The van der Waals surface area contributed by atoms with Crippen LogP contribution >= 0.6 is 11.6 Å². The van der Waals surface area contributed by atoms with E-state index >= 15 is 0 Å². The Morgan fingerprint density at radius 1 is 1.11 bits per heavy atom. The third-order valence-corrected chi connectivity index (χ3v) is 5.00. The summed E-state index contributed by atoms with van der Waals surface area (Å²) in [6, 6.07) is 9.39. The van der Waals surface area contributed by atoms with Gasteiger partial charge in [0, 0.05) is 13.0 Å². The molecule has 140 valence electrons. The molecule has 0 aliphatic carbocycles. The van der Waals surface area contributed by atoms with E-state index in [1.165, 1.54) is 0 Å². The lowest BCUT2D eigenvalue weighted by atomic mass is 10.1. The lowest BCUT2D eigenvalue weighted by Gasteiger charge is -2.13. The highest BCUT2D eigenvalue weighted by atomic mass is 35.5. The number of hydrogen-bond acceptors (Lipinski definition) is 3. The normalized spacial score (nSPS) is 11.0. The second-order valence-corrected chi connectivity index (χ2v) is 7.27. The predicted molar refractivity (Wildman–Crippen MR) is 110 cm³/mol. The van der Waals surface area contributed by atoms with Crippen LogP contribution in [-0.4, -0.2) is 15.5 Å². The standard InChI is InChI=1S/C21H22ClN3O2/c1-12-5-6-17(16(22)9-12)24-20(26)7-8-25-19-11-14(3)13(2)10-18(19)23-15(4)21(25)27/h5-6,9-11H,7-8H2,1-4H3,(H,24,26). The Bertz CT molecular complexity index is 1100. The SMILES string of the molecule is Cc1ccc(NC(=O)CCn2c(=O)c(C)nc3cc(C)c(C)cc32)c(Cl)c1. The average Bonchev–Trinajstić information content (AvgIpc) is 2.60. The van der Waals surface area contributed by atoms with Crippen molar-refractivity contribution < 1.29 is 4.79 Å². The molecule has 1 heterocycles. The molecule has 0 radical (unpaired) electrons. The van der Waals surface area contributed by atoms with E-state index in [1.807, 2.05) is 39.0 Å². The molecular weight excluding hydrogens is 362 g/mol. The highest BCUT2D eigenvalue weighted by Gasteiger charge is 2.12. The number of fused-ring (bicyclic) bond motifs is 1. The van der Waals surface area contributed by atoms with Crippen LogP contribution in [0.25, 0.3) is 11.0 Å². The van der Waals surface area contributed by atoms with Gasteiger partial charge in [-0.1, -0.05) is 17.7 Å². The zero-order valence-corrected chi connectivity index (χ0v) is 16.6. The number of amides is 1. The van der Waals surface area contributed by atoms with E-state index in [2.05, 4.69) is 10.3 Å². The highest BCUT2D eigenvalue weighted by Crippen LogP contribution is 2.23. The number of nitrogens with one attached hydrogen (secondary N) is 1. The number of halogens is 1. The quantitative estimate of drug-likeness (QED) is 0.730. The molecule has 3 rings (SSSR count). The van der Waals surface area contributed by atoms with Gasteiger partial charge in [0.2, 0.25) is 5.91 Å². The third-order valence-electron chi connectivity index (χ3n) is 4.69. The zero-order chi connectivity index (χ0) is 19.7. The monoisotopic (exact) mass is 383 g/mol. The molecule has 6 heteroatoms. The fourth-order valence-electron chi connectivity index (χ4n) is 2.99. The molecule has 0 saturated heterocycles. The van der Waals surface area contributed by atoms with Crippen molar-refractivity contribution in [1.82, 2.24) is 9.55 Å². The largest absolute Gasteiger partial charge is 0.325 e. The van der Waals surface area contributed by atoms with Crippen molar-refractivity contribution in [2.45, 2.75) is 40.7 Å². The van der Waals surface area contributed by atoms with Crippen LogP contribution in [0.1, 0.15) is 28.8 Å². The maximum atomic E-state index is 12.6. The van der Waals surface area contributed by atoms with Gasteiger partial charge in [0.25, 0.3) is 5.56 Å². The second-order valence-electron chi connectivity index (χ2n) is 6.86. The summed E-state index contributed by atoms with van der Waals surface area (Å²) in [5.41, 5.74) is 5.55. The van der Waals surface area contributed by atoms with Crippen LogP contribution in [0.2, 0.25) is 5.02 Å². The fraction of sp³-hybridized carbons (Fsp3) is 0.286. The third kappa shape index (κ3) is 4.03. The summed E-state index contributed by atoms with van der Waals surface area (Å²) in [7, 11) is 0. The molecule has 0 aliphatic heterocycles. The van der Waals surface area contributed by atoms with E-state index in [1.54, 1.807) is 23.6 Å².